The minimum Gasteiger partial charge on any atom is -0.363 e. The van der Waals surface area contributed by atoms with Crippen LogP contribution >= 0.6 is 0 Å². The van der Waals surface area contributed by atoms with Crippen molar-refractivity contribution in [3.8, 4) is 16.8 Å². The number of fused-ring (bicyclic) bond motifs is 1. The van der Waals surface area contributed by atoms with Gasteiger partial charge in [-0.15, -0.1) is 0 Å². The summed E-state index contributed by atoms with van der Waals surface area (Å²) in [7, 11) is -0.101. The third-order valence-corrected chi connectivity index (χ3v) is 6.48. The van der Waals surface area contributed by atoms with Crippen molar-refractivity contribution in [2.45, 2.75) is 13.3 Å². The fourth-order valence-corrected chi connectivity index (χ4v) is 4.64. The van der Waals surface area contributed by atoms with E-state index in [1.54, 1.807) is 37.6 Å². The largest absolute Gasteiger partial charge is 0.363 e. The van der Waals surface area contributed by atoms with Crippen LogP contribution in [-0.2, 0) is 10.0 Å². The highest BCUT2D eigenvalue weighted by Crippen LogP contribution is 2.35. The molecule has 0 atom stereocenters. The van der Waals surface area contributed by atoms with E-state index in [1.165, 1.54) is 10.9 Å². The number of nitrogens with zero attached hydrogens (tertiary/aromatic N) is 5. The average molecular weight is 473 g/mol. The summed E-state index contributed by atoms with van der Waals surface area (Å²) in [4.78, 5) is 14.5. The number of anilines is 2. The Labute approximate surface area is 190 Å². The highest BCUT2D eigenvalue weighted by Gasteiger charge is 2.23. The molecule has 0 unspecified atom stereocenters. The molecule has 0 aliphatic rings. The third kappa shape index (κ3) is 4.36. The number of hydrogen-bond acceptors (Lipinski definition) is 6. The highest BCUT2D eigenvalue weighted by molar-refractivity contribution is 7.92. The van der Waals surface area contributed by atoms with Crippen LogP contribution in [0.2, 0.25) is 0 Å². The van der Waals surface area contributed by atoms with Gasteiger partial charge >= 0.3 is 0 Å². The molecule has 3 aromatic heterocycles. The van der Waals surface area contributed by atoms with Crippen LogP contribution < -0.4 is 9.62 Å². The van der Waals surface area contributed by atoms with Crippen LogP contribution in [0.1, 0.15) is 13.3 Å². The Bertz CT molecular complexity index is 1420. The van der Waals surface area contributed by atoms with Crippen LogP contribution in [-0.4, -0.2) is 47.8 Å². The maximum atomic E-state index is 15.5. The first-order chi connectivity index (χ1) is 15.7. The Morgan fingerprint density at radius 1 is 1.09 bits per heavy atom. The molecular formula is C22H22F2N6O2S. The molecule has 0 aliphatic heterocycles. The molecule has 172 valence electrons. The van der Waals surface area contributed by atoms with Crippen LogP contribution in [0.3, 0.4) is 0 Å². The van der Waals surface area contributed by atoms with Crippen molar-refractivity contribution in [2.75, 3.05) is 29.5 Å². The minimum atomic E-state index is -3.77. The summed E-state index contributed by atoms with van der Waals surface area (Å²) in [6.45, 7) is 1.70. The standard InChI is InChI=1S/C22H22F2N6O2S/c1-4-9-33(31,32)28-17-6-5-16(23)22(20(17)24)30-12-15(14-10-25-13-26-11-14)21-18(30)7-8-19(27-21)29(2)3/h5-8,10-13,28H,4,9H2,1-3H3. The zero-order valence-corrected chi connectivity index (χ0v) is 19.1. The number of halogens is 2. The van der Waals surface area contributed by atoms with E-state index in [4.69, 9.17) is 0 Å². The molecule has 4 rings (SSSR count). The highest BCUT2D eigenvalue weighted by atomic mass is 32.2. The number of rotatable bonds is 7. The summed E-state index contributed by atoms with van der Waals surface area (Å²) in [5, 5.41) is 0. The van der Waals surface area contributed by atoms with Crippen molar-refractivity contribution in [2.24, 2.45) is 0 Å². The predicted octanol–water partition coefficient (Wildman–Crippen LogP) is 3.98. The van der Waals surface area contributed by atoms with Crippen LogP contribution in [0.25, 0.3) is 27.8 Å². The summed E-state index contributed by atoms with van der Waals surface area (Å²) in [6, 6.07) is 5.54. The van der Waals surface area contributed by atoms with E-state index in [0.29, 0.717) is 34.4 Å². The SMILES string of the molecule is CCCS(=O)(=O)Nc1ccc(F)c(-n2cc(-c3cncnc3)c3nc(N(C)C)ccc32)c1F. The lowest BCUT2D eigenvalue weighted by Crippen LogP contribution is -2.18. The van der Waals surface area contributed by atoms with E-state index < -0.39 is 27.3 Å². The van der Waals surface area contributed by atoms with Gasteiger partial charge in [-0.1, -0.05) is 6.92 Å². The average Bonchev–Trinajstić information content (AvgIpc) is 3.15. The first-order valence-corrected chi connectivity index (χ1v) is 11.8. The second-order valence-electron chi connectivity index (χ2n) is 7.65. The molecule has 11 heteroatoms. The molecular weight excluding hydrogens is 450 g/mol. The fraction of sp³-hybridized carbons (Fsp3) is 0.227. The van der Waals surface area contributed by atoms with Crippen molar-refractivity contribution in [1.82, 2.24) is 19.5 Å². The molecule has 3 heterocycles. The number of hydrogen-bond donors (Lipinski definition) is 1. The predicted molar refractivity (Wildman–Crippen MR) is 124 cm³/mol. The van der Waals surface area contributed by atoms with Gasteiger partial charge in [-0.2, -0.15) is 0 Å². The monoisotopic (exact) mass is 472 g/mol. The zero-order valence-electron chi connectivity index (χ0n) is 18.2. The zero-order chi connectivity index (χ0) is 23.8. The first kappa shape index (κ1) is 22.6. The van der Waals surface area contributed by atoms with Gasteiger partial charge in [0.05, 0.1) is 22.5 Å². The Morgan fingerprint density at radius 2 is 1.82 bits per heavy atom. The quantitative estimate of drug-likeness (QED) is 0.437. The molecule has 0 radical (unpaired) electrons. The maximum Gasteiger partial charge on any atom is 0.232 e. The minimum absolute atomic E-state index is 0.180. The second-order valence-corrected chi connectivity index (χ2v) is 9.49. The molecule has 0 saturated heterocycles. The van der Waals surface area contributed by atoms with Crippen LogP contribution in [0, 0.1) is 11.6 Å². The summed E-state index contributed by atoms with van der Waals surface area (Å²) < 4.78 is 58.3. The lowest BCUT2D eigenvalue weighted by Gasteiger charge is -2.14. The number of aromatic nitrogens is 4. The van der Waals surface area contributed by atoms with Crippen molar-refractivity contribution in [3.05, 3.63) is 60.8 Å². The van der Waals surface area contributed by atoms with Gasteiger partial charge in [0.25, 0.3) is 0 Å². The van der Waals surface area contributed by atoms with Crippen molar-refractivity contribution >= 4 is 32.6 Å². The van der Waals surface area contributed by atoms with Gasteiger partial charge in [0.2, 0.25) is 10.0 Å². The molecule has 1 N–H and O–H groups in total. The Balaban J connectivity index is 1.96. The van der Waals surface area contributed by atoms with Gasteiger partial charge in [0.15, 0.2) is 5.82 Å². The fourth-order valence-electron chi connectivity index (χ4n) is 3.51. The second kappa shape index (κ2) is 8.74. The van der Waals surface area contributed by atoms with E-state index in [-0.39, 0.29) is 11.4 Å². The van der Waals surface area contributed by atoms with Crippen molar-refractivity contribution in [1.29, 1.82) is 0 Å². The molecule has 0 amide bonds. The maximum absolute atomic E-state index is 15.5. The molecule has 33 heavy (non-hydrogen) atoms. The van der Waals surface area contributed by atoms with Crippen LogP contribution in [0.15, 0.2) is 49.2 Å². The number of nitrogens with one attached hydrogen (secondary N) is 1. The molecule has 0 bridgehead atoms. The summed E-state index contributed by atoms with van der Waals surface area (Å²) in [5.74, 6) is -1.41. The topological polar surface area (TPSA) is 93.0 Å². The summed E-state index contributed by atoms with van der Waals surface area (Å²) >= 11 is 0. The molecule has 8 nitrogen and oxygen atoms in total. The molecule has 0 spiro atoms. The van der Waals surface area contributed by atoms with Gasteiger partial charge in [-0.25, -0.2) is 32.2 Å². The van der Waals surface area contributed by atoms with Gasteiger partial charge in [-0.05, 0) is 30.7 Å². The van der Waals surface area contributed by atoms with Gasteiger partial charge in [0.1, 0.15) is 23.6 Å². The van der Waals surface area contributed by atoms with E-state index in [0.717, 1.165) is 12.1 Å². The van der Waals surface area contributed by atoms with Gasteiger partial charge in [-0.3, -0.25) is 4.72 Å². The molecule has 0 aliphatic carbocycles. The first-order valence-electron chi connectivity index (χ1n) is 10.2. The third-order valence-electron chi connectivity index (χ3n) is 5.01. The van der Waals surface area contributed by atoms with E-state index in [2.05, 4.69) is 19.7 Å². The van der Waals surface area contributed by atoms with E-state index >= 15 is 4.39 Å². The van der Waals surface area contributed by atoms with Gasteiger partial charge < -0.3 is 9.47 Å². The van der Waals surface area contributed by atoms with Crippen LogP contribution in [0.4, 0.5) is 20.3 Å². The molecule has 0 saturated carbocycles. The molecule has 1 aromatic carbocycles. The lowest BCUT2D eigenvalue weighted by molar-refractivity contribution is 0.572. The van der Waals surface area contributed by atoms with Crippen molar-refractivity contribution < 1.29 is 17.2 Å². The van der Waals surface area contributed by atoms with Crippen molar-refractivity contribution in [3.63, 3.8) is 0 Å². The van der Waals surface area contributed by atoms with E-state index in [1.807, 2.05) is 19.0 Å². The van der Waals surface area contributed by atoms with Gasteiger partial charge in [0, 0.05) is 43.8 Å². The molecule has 0 fully saturated rings. The summed E-state index contributed by atoms with van der Waals surface area (Å²) in [6.07, 6.45) is 6.44. The van der Waals surface area contributed by atoms with E-state index in [9.17, 15) is 12.8 Å². The Hall–Kier alpha value is -3.60. The number of sulfonamides is 1. The molecule has 4 aromatic rings. The Morgan fingerprint density at radius 3 is 2.48 bits per heavy atom. The smallest absolute Gasteiger partial charge is 0.232 e. The lowest BCUT2D eigenvalue weighted by atomic mass is 10.1. The normalized spacial score (nSPS) is 11.7. The Kier molecular flexibility index (Phi) is 5.98. The number of pyridine rings is 1. The summed E-state index contributed by atoms with van der Waals surface area (Å²) in [5.41, 5.74) is 1.37. The number of benzene rings is 1. The van der Waals surface area contributed by atoms with Crippen LogP contribution in [0.5, 0.6) is 0 Å².